The maximum absolute atomic E-state index is 5.67. The molecule has 0 saturated carbocycles. The third kappa shape index (κ3) is 4.76. The average Bonchev–Trinajstić information content (AvgIpc) is 3.81. The molecular formula is C52H31N3S. The van der Waals surface area contributed by atoms with Gasteiger partial charge >= 0.3 is 0 Å². The largest absolute Gasteiger partial charge is 0.278 e. The summed E-state index contributed by atoms with van der Waals surface area (Å²) in [4.78, 5) is 11.1. The summed E-state index contributed by atoms with van der Waals surface area (Å²) in [5.74, 6) is 0.656. The highest BCUT2D eigenvalue weighted by Crippen LogP contribution is 2.43. The van der Waals surface area contributed by atoms with Crippen LogP contribution >= 0.6 is 11.3 Å². The smallest absolute Gasteiger partial charge is 0.235 e. The van der Waals surface area contributed by atoms with Crippen LogP contribution < -0.4 is 0 Å². The van der Waals surface area contributed by atoms with Gasteiger partial charge in [0.25, 0.3) is 0 Å². The summed E-state index contributed by atoms with van der Waals surface area (Å²) in [5.41, 5.74) is 9.67. The first-order valence-corrected chi connectivity index (χ1v) is 19.8. The van der Waals surface area contributed by atoms with Crippen LogP contribution in [0.5, 0.6) is 0 Å². The number of fused-ring (bicyclic) bond motifs is 11. The third-order valence-corrected chi connectivity index (χ3v) is 12.6. The first kappa shape index (κ1) is 31.2. The van der Waals surface area contributed by atoms with Crippen LogP contribution in [0.15, 0.2) is 188 Å². The topological polar surface area (TPSA) is 30.7 Å². The van der Waals surface area contributed by atoms with Gasteiger partial charge in [-0.25, -0.2) is 9.97 Å². The van der Waals surface area contributed by atoms with Gasteiger partial charge in [-0.2, -0.15) is 0 Å². The molecule has 0 unspecified atom stereocenters. The quantitative estimate of drug-likeness (QED) is 0.169. The van der Waals surface area contributed by atoms with Crippen molar-refractivity contribution in [2.24, 2.45) is 0 Å². The Morgan fingerprint density at radius 2 is 1.02 bits per heavy atom. The highest BCUT2D eigenvalue weighted by molar-refractivity contribution is 7.26. The summed E-state index contributed by atoms with van der Waals surface area (Å²) in [5, 5.41) is 10.8. The second-order valence-corrected chi connectivity index (χ2v) is 15.6. The molecule has 12 aromatic rings. The summed E-state index contributed by atoms with van der Waals surface area (Å²) < 4.78 is 4.89. The highest BCUT2D eigenvalue weighted by Gasteiger charge is 2.21. The van der Waals surface area contributed by atoms with E-state index in [1.165, 1.54) is 41.7 Å². The average molecular weight is 730 g/mol. The molecule has 3 aromatic heterocycles. The Hall–Kier alpha value is -7.14. The van der Waals surface area contributed by atoms with Crippen molar-refractivity contribution in [3.05, 3.63) is 188 Å². The Kier molecular flexibility index (Phi) is 6.80. The van der Waals surface area contributed by atoms with E-state index in [2.05, 4.69) is 193 Å². The second kappa shape index (κ2) is 12.2. The van der Waals surface area contributed by atoms with Gasteiger partial charge in [-0.1, -0.05) is 140 Å². The molecule has 260 valence electrons. The van der Waals surface area contributed by atoms with Gasteiger partial charge in [0, 0.05) is 47.3 Å². The van der Waals surface area contributed by atoms with E-state index < -0.39 is 0 Å². The molecule has 12 rings (SSSR count). The Morgan fingerprint density at radius 1 is 0.375 bits per heavy atom. The van der Waals surface area contributed by atoms with E-state index >= 15 is 0 Å². The number of hydrogen-bond acceptors (Lipinski definition) is 3. The Labute approximate surface area is 326 Å². The van der Waals surface area contributed by atoms with Gasteiger partial charge in [0.15, 0.2) is 0 Å². The van der Waals surface area contributed by atoms with Crippen LogP contribution in [0, 0.1) is 0 Å². The van der Waals surface area contributed by atoms with Crippen molar-refractivity contribution in [2.75, 3.05) is 0 Å². The minimum absolute atomic E-state index is 0.656. The van der Waals surface area contributed by atoms with Crippen LogP contribution in [0.25, 0.3) is 114 Å². The molecule has 0 radical (unpaired) electrons. The summed E-state index contributed by atoms with van der Waals surface area (Å²) in [6, 6.07) is 67.8. The van der Waals surface area contributed by atoms with Crippen molar-refractivity contribution < 1.29 is 0 Å². The molecule has 4 heteroatoms. The first-order chi connectivity index (χ1) is 27.7. The molecule has 0 saturated heterocycles. The van der Waals surface area contributed by atoms with Gasteiger partial charge in [-0.3, -0.25) is 4.57 Å². The van der Waals surface area contributed by atoms with E-state index in [0.717, 1.165) is 66.2 Å². The summed E-state index contributed by atoms with van der Waals surface area (Å²) in [6.45, 7) is 0. The molecule has 0 bridgehead atoms. The zero-order valence-electron chi connectivity index (χ0n) is 30.1. The summed E-state index contributed by atoms with van der Waals surface area (Å²) in [7, 11) is 0. The molecular weight excluding hydrogens is 699 g/mol. The number of aromatic nitrogens is 3. The molecule has 0 amide bonds. The Morgan fingerprint density at radius 3 is 1.80 bits per heavy atom. The molecule has 0 spiro atoms. The fraction of sp³-hybridized carbons (Fsp3) is 0. The number of nitrogens with zero attached hydrogens (tertiary/aromatic N) is 3. The molecule has 3 heterocycles. The molecule has 9 aromatic carbocycles. The molecule has 0 aliphatic rings. The van der Waals surface area contributed by atoms with Crippen LogP contribution in [0.2, 0.25) is 0 Å². The fourth-order valence-corrected chi connectivity index (χ4v) is 9.97. The zero-order chi connectivity index (χ0) is 36.7. The summed E-state index contributed by atoms with van der Waals surface area (Å²) >= 11 is 1.87. The first-order valence-electron chi connectivity index (χ1n) is 19.0. The van der Waals surface area contributed by atoms with E-state index in [1.54, 1.807) is 0 Å². The molecule has 0 fully saturated rings. The molecule has 0 aliphatic heterocycles. The minimum Gasteiger partial charge on any atom is -0.278 e. The molecule has 3 nitrogen and oxygen atoms in total. The Balaban J connectivity index is 1.20. The highest BCUT2D eigenvalue weighted by atomic mass is 32.1. The van der Waals surface area contributed by atoms with Gasteiger partial charge in [0.2, 0.25) is 5.95 Å². The van der Waals surface area contributed by atoms with Crippen LogP contribution in [-0.2, 0) is 0 Å². The van der Waals surface area contributed by atoms with Crippen LogP contribution in [0.3, 0.4) is 0 Å². The minimum atomic E-state index is 0.656. The van der Waals surface area contributed by atoms with Gasteiger partial charge in [-0.05, 0) is 86.9 Å². The lowest BCUT2D eigenvalue weighted by Gasteiger charge is -2.16. The van der Waals surface area contributed by atoms with Crippen molar-refractivity contribution >= 4 is 85.8 Å². The van der Waals surface area contributed by atoms with Gasteiger partial charge in [0.05, 0.1) is 22.2 Å². The van der Waals surface area contributed by atoms with E-state index in [9.17, 15) is 0 Å². The van der Waals surface area contributed by atoms with Gasteiger partial charge in [-0.15, -0.1) is 11.3 Å². The second-order valence-electron chi connectivity index (χ2n) is 14.6. The van der Waals surface area contributed by atoms with E-state index in [1.807, 2.05) is 11.3 Å². The lowest BCUT2D eigenvalue weighted by Crippen LogP contribution is -2.04. The fourth-order valence-electron chi connectivity index (χ4n) is 8.74. The lowest BCUT2D eigenvalue weighted by atomic mass is 9.93. The van der Waals surface area contributed by atoms with E-state index in [-0.39, 0.29) is 0 Å². The maximum Gasteiger partial charge on any atom is 0.235 e. The van der Waals surface area contributed by atoms with E-state index in [4.69, 9.17) is 9.97 Å². The van der Waals surface area contributed by atoms with Gasteiger partial charge in [0.1, 0.15) is 0 Å². The normalized spacial score (nSPS) is 11.9. The SMILES string of the molecule is c1ccc(-c2cc(-c3ccccc3)cc(-c3nc(-n4c5ccccc5c5cc6ccc7c8ccccc8sc7c6cc54)nc4ccc5ccccc5c34)c2)cc1. The standard InChI is InChI=1S/C52H31N3S/c1-3-13-32(14-4-1)36-27-37(33-15-5-2-6-16-33)29-38(28-36)50-49-39-18-8-7-17-34(39)24-26-45(49)53-52(54-50)55-46-21-11-9-19-40(46)44-30-35-23-25-42-41-20-10-12-22-48(41)56-51(42)43(35)31-47(44)55/h1-31H. The molecule has 56 heavy (non-hydrogen) atoms. The van der Waals surface area contributed by atoms with Crippen molar-refractivity contribution in [3.8, 4) is 39.5 Å². The number of benzene rings is 9. The maximum atomic E-state index is 5.67. The molecule has 0 atom stereocenters. The molecule has 0 N–H and O–H groups in total. The van der Waals surface area contributed by atoms with Crippen LogP contribution in [-0.4, -0.2) is 14.5 Å². The monoisotopic (exact) mass is 729 g/mol. The number of thiophene rings is 1. The van der Waals surface area contributed by atoms with Crippen LogP contribution in [0.4, 0.5) is 0 Å². The predicted molar refractivity (Wildman–Crippen MR) is 238 cm³/mol. The number of para-hydroxylation sites is 1. The van der Waals surface area contributed by atoms with E-state index in [0.29, 0.717) is 5.95 Å². The molecule has 0 aliphatic carbocycles. The van der Waals surface area contributed by atoms with Crippen molar-refractivity contribution in [3.63, 3.8) is 0 Å². The summed E-state index contributed by atoms with van der Waals surface area (Å²) in [6.07, 6.45) is 0. The number of rotatable bonds is 4. The van der Waals surface area contributed by atoms with Crippen molar-refractivity contribution in [1.29, 1.82) is 0 Å². The lowest BCUT2D eigenvalue weighted by molar-refractivity contribution is 1.02. The van der Waals surface area contributed by atoms with Crippen LogP contribution in [0.1, 0.15) is 0 Å². The van der Waals surface area contributed by atoms with Crippen molar-refractivity contribution in [1.82, 2.24) is 14.5 Å². The Bertz CT molecular complexity index is 3470. The third-order valence-electron chi connectivity index (χ3n) is 11.3. The van der Waals surface area contributed by atoms with Crippen molar-refractivity contribution in [2.45, 2.75) is 0 Å². The zero-order valence-corrected chi connectivity index (χ0v) is 31.0. The number of hydrogen-bond donors (Lipinski definition) is 0. The predicted octanol–water partition coefficient (Wildman–Crippen LogP) is 14.4. The van der Waals surface area contributed by atoms with Gasteiger partial charge < -0.3 is 0 Å².